The van der Waals surface area contributed by atoms with E-state index in [1.807, 2.05) is 0 Å². The van der Waals surface area contributed by atoms with Crippen molar-refractivity contribution in [3.05, 3.63) is 0 Å². The average molecular weight is 210 g/mol. The van der Waals surface area contributed by atoms with Gasteiger partial charge in [0.15, 0.2) is 0 Å². The van der Waals surface area contributed by atoms with Crippen LogP contribution in [0.3, 0.4) is 0 Å². The number of nitrogens with one attached hydrogen (secondary N) is 1. The molecule has 0 aliphatic heterocycles. The molecule has 0 heterocycles. The van der Waals surface area contributed by atoms with Crippen LogP contribution in [0, 0.1) is 17.2 Å². The Balaban J connectivity index is 4.01. The van der Waals surface area contributed by atoms with E-state index in [0.29, 0.717) is 18.5 Å². The summed E-state index contributed by atoms with van der Waals surface area (Å²) >= 11 is 0. The predicted octanol–water partition coefficient (Wildman–Crippen LogP) is 3.48. The molecule has 0 aromatic heterocycles. The molecule has 0 bridgehead atoms. The van der Waals surface area contributed by atoms with Crippen molar-refractivity contribution in [2.45, 2.75) is 71.9 Å². The topological polar surface area (TPSA) is 35.8 Å². The number of nitrogens with zero attached hydrogens (tertiary/aromatic N) is 1. The molecule has 88 valence electrons. The van der Waals surface area contributed by atoms with Crippen molar-refractivity contribution in [3.63, 3.8) is 0 Å². The largest absolute Gasteiger partial charge is 0.310 e. The zero-order valence-corrected chi connectivity index (χ0v) is 10.7. The van der Waals surface area contributed by atoms with Crippen LogP contribution in [0.5, 0.6) is 0 Å². The Morgan fingerprint density at radius 3 is 2.07 bits per heavy atom. The van der Waals surface area contributed by atoms with Gasteiger partial charge in [0.2, 0.25) is 0 Å². The summed E-state index contributed by atoms with van der Waals surface area (Å²) in [6, 6.07) is 3.21. The van der Waals surface area contributed by atoms with E-state index < -0.39 is 0 Å². The van der Waals surface area contributed by atoms with E-state index in [1.165, 1.54) is 12.8 Å². The fourth-order valence-corrected chi connectivity index (χ4v) is 1.77. The molecule has 0 rings (SSSR count). The van der Waals surface area contributed by atoms with Crippen molar-refractivity contribution >= 4 is 0 Å². The Labute approximate surface area is 95.1 Å². The van der Waals surface area contributed by atoms with Crippen molar-refractivity contribution in [3.8, 4) is 6.07 Å². The maximum atomic E-state index is 8.69. The first-order valence-electron chi connectivity index (χ1n) is 6.30. The van der Waals surface area contributed by atoms with Gasteiger partial charge in [-0.3, -0.25) is 0 Å². The molecule has 0 saturated carbocycles. The van der Waals surface area contributed by atoms with Gasteiger partial charge in [0.25, 0.3) is 0 Å². The molecule has 0 aliphatic rings. The first kappa shape index (κ1) is 14.5. The summed E-state index contributed by atoms with van der Waals surface area (Å²) in [6.45, 7) is 8.91. The van der Waals surface area contributed by atoms with Crippen molar-refractivity contribution < 1.29 is 0 Å². The number of hydrogen-bond acceptors (Lipinski definition) is 2. The fourth-order valence-electron chi connectivity index (χ4n) is 1.77. The molecular formula is C13H26N2. The predicted molar refractivity (Wildman–Crippen MR) is 65.6 cm³/mol. The normalized spacial score (nSPS) is 16.7. The summed E-state index contributed by atoms with van der Waals surface area (Å²) in [5.74, 6) is 0.780. The molecule has 1 N–H and O–H groups in total. The van der Waals surface area contributed by atoms with Crippen LogP contribution in [-0.2, 0) is 0 Å². The minimum Gasteiger partial charge on any atom is -0.310 e. The third-order valence-corrected chi connectivity index (χ3v) is 3.18. The first-order valence-corrected chi connectivity index (χ1v) is 6.30. The molecule has 2 nitrogen and oxygen atoms in total. The summed E-state index contributed by atoms with van der Waals surface area (Å²) in [5, 5.41) is 12.3. The van der Waals surface area contributed by atoms with E-state index >= 15 is 0 Å². The summed E-state index contributed by atoms with van der Waals surface area (Å²) in [6.07, 6.45) is 5.31. The summed E-state index contributed by atoms with van der Waals surface area (Å²) in [7, 11) is 0. The molecule has 0 saturated heterocycles. The molecule has 3 unspecified atom stereocenters. The van der Waals surface area contributed by atoms with Gasteiger partial charge in [-0.1, -0.05) is 34.1 Å². The van der Waals surface area contributed by atoms with Crippen molar-refractivity contribution in [2.24, 2.45) is 5.92 Å². The zero-order valence-electron chi connectivity index (χ0n) is 10.7. The minimum atomic E-state index is 0.379. The Hall–Kier alpha value is -0.550. The van der Waals surface area contributed by atoms with E-state index in [0.717, 1.165) is 18.8 Å². The molecule has 0 fully saturated rings. The Bertz CT molecular complexity index is 183. The molecule has 0 aromatic rings. The molecule has 0 aliphatic carbocycles. The van der Waals surface area contributed by atoms with Crippen LogP contribution >= 0.6 is 0 Å². The lowest BCUT2D eigenvalue weighted by atomic mass is 9.96. The summed E-state index contributed by atoms with van der Waals surface area (Å²) in [5.41, 5.74) is 0. The smallest absolute Gasteiger partial charge is 0.0638 e. The van der Waals surface area contributed by atoms with Crippen LogP contribution in [0.25, 0.3) is 0 Å². The van der Waals surface area contributed by atoms with Gasteiger partial charge in [0.1, 0.15) is 0 Å². The second-order valence-corrected chi connectivity index (χ2v) is 4.49. The third-order valence-electron chi connectivity index (χ3n) is 3.18. The average Bonchev–Trinajstić information content (AvgIpc) is 2.26. The SMILES string of the molecule is CCC(C)CC(CC)NC(CC)CC#N. The van der Waals surface area contributed by atoms with Crippen molar-refractivity contribution in [1.82, 2.24) is 5.32 Å². The first-order chi connectivity index (χ1) is 7.17. The number of nitriles is 1. The third kappa shape index (κ3) is 6.52. The molecule has 15 heavy (non-hydrogen) atoms. The fraction of sp³-hybridized carbons (Fsp3) is 0.923. The molecular weight excluding hydrogens is 184 g/mol. The molecule has 0 radical (unpaired) electrons. The van der Waals surface area contributed by atoms with E-state index in [9.17, 15) is 0 Å². The van der Waals surface area contributed by atoms with Gasteiger partial charge in [-0.2, -0.15) is 5.26 Å². The molecule has 2 heteroatoms. The van der Waals surface area contributed by atoms with E-state index in [-0.39, 0.29) is 0 Å². The standard InChI is InChI=1S/C13H26N2/c1-5-11(4)10-13(7-3)15-12(6-2)8-9-14/h11-13,15H,5-8,10H2,1-4H3. The van der Waals surface area contributed by atoms with Gasteiger partial charge in [-0.05, 0) is 25.2 Å². The number of rotatable bonds is 8. The van der Waals surface area contributed by atoms with Crippen molar-refractivity contribution in [2.75, 3.05) is 0 Å². The van der Waals surface area contributed by atoms with Crippen LogP contribution in [-0.4, -0.2) is 12.1 Å². The maximum absolute atomic E-state index is 8.69. The lowest BCUT2D eigenvalue weighted by Crippen LogP contribution is -2.38. The van der Waals surface area contributed by atoms with Gasteiger partial charge in [0.05, 0.1) is 12.5 Å². The van der Waals surface area contributed by atoms with Gasteiger partial charge in [-0.15, -0.1) is 0 Å². The van der Waals surface area contributed by atoms with Crippen LogP contribution in [0.4, 0.5) is 0 Å². The second-order valence-electron chi connectivity index (χ2n) is 4.49. The second kappa shape index (κ2) is 8.73. The Morgan fingerprint density at radius 2 is 1.67 bits per heavy atom. The van der Waals surface area contributed by atoms with Crippen LogP contribution in [0.15, 0.2) is 0 Å². The van der Waals surface area contributed by atoms with Gasteiger partial charge in [-0.25, -0.2) is 0 Å². The minimum absolute atomic E-state index is 0.379. The maximum Gasteiger partial charge on any atom is 0.0638 e. The summed E-state index contributed by atoms with van der Waals surface area (Å²) < 4.78 is 0. The van der Waals surface area contributed by atoms with E-state index in [1.54, 1.807) is 0 Å². The highest BCUT2D eigenvalue weighted by Gasteiger charge is 2.14. The quantitative estimate of drug-likeness (QED) is 0.665. The van der Waals surface area contributed by atoms with Crippen LogP contribution in [0.2, 0.25) is 0 Å². The highest BCUT2D eigenvalue weighted by atomic mass is 14.9. The van der Waals surface area contributed by atoms with Gasteiger partial charge in [0, 0.05) is 12.1 Å². The highest BCUT2D eigenvalue weighted by molar-refractivity contribution is 4.82. The lowest BCUT2D eigenvalue weighted by molar-refractivity contribution is 0.344. The van der Waals surface area contributed by atoms with Crippen LogP contribution < -0.4 is 5.32 Å². The molecule has 0 spiro atoms. The molecule has 0 aromatic carbocycles. The molecule has 0 amide bonds. The lowest BCUT2D eigenvalue weighted by Gasteiger charge is -2.24. The number of hydrogen-bond donors (Lipinski definition) is 1. The Kier molecular flexibility index (Phi) is 8.41. The monoisotopic (exact) mass is 210 g/mol. The zero-order chi connectivity index (χ0) is 11.7. The Morgan fingerprint density at radius 1 is 1.07 bits per heavy atom. The summed E-state index contributed by atoms with van der Waals surface area (Å²) in [4.78, 5) is 0. The molecule has 3 atom stereocenters. The van der Waals surface area contributed by atoms with Gasteiger partial charge >= 0.3 is 0 Å². The van der Waals surface area contributed by atoms with Crippen molar-refractivity contribution in [1.29, 1.82) is 5.26 Å². The van der Waals surface area contributed by atoms with E-state index in [2.05, 4.69) is 39.1 Å². The van der Waals surface area contributed by atoms with Gasteiger partial charge < -0.3 is 5.32 Å². The van der Waals surface area contributed by atoms with Crippen LogP contribution in [0.1, 0.15) is 59.8 Å². The van der Waals surface area contributed by atoms with E-state index in [4.69, 9.17) is 5.26 Å². The highest BCUT2D eigenvalue weighted by Crippen LogP contribution is 2.13.